The number of hydrogen-bond acceptors (Lipinski definition) is 11. The number of methoxy groups -OCH3 is 2. The highest BCUT2D eigenvalue weighted by Crippen LogP contribution is 2.41. The molecule has 2 bridgehead atoms. The van der Waals surface area contributed by atoms with Gasteiger partial charge >= 0.3 is 5.97 Å². The first kappa shape index (κ1) is 38.9. The van der Waals surface area contributed by atoms with Gasteiger partial charge in [-0.05, 0) is 87.2 Å². The molecule has 16 atom stereocenters. The predicted molar refractivity (Wildman–Crippen MR) is 179 cm³/mol. The van der Waals surface area contributed by atoms with Crippen LogP contribution < -0.4 is 0 Å². The Labute approximate surface area is 284 Å². The maximum atomic E-state index is 14.0. The number of likely N-dealkylation sites (N-methyl/N-ethyl adjacent to an activating group) is 1. The first-order valence-electron chi connectivity index (χ1n) is 18.0. The molecule has 0 aromatic carbocycles. The fourth-order valence-electron chi connectivity index (χ4n) is 8.79. The molecule has 0 aliphatic carbocycles. The van der Waals surface area contributed by atoms with Crippen LogP contribution in [-0.2, 0) is 38.0 Å². The van der Waals surface area contributed by atoms with Crippen LogP contribution in [-0.4, -0.2) is 135 Å². The molecule has 1 N–H and O–H groups in total. The molecule has 0 aromatic rings. The highest BCUT2D eigenvalue weighted by atomic mass is 16.7. The Morgan fingerprint density at radius 1 is 0.915 bits per heavy atom. The fraction of sp³-hybridized carbons (Fsp3) is 0.972. The lowest BCUT2D eigenvalue weighted by Gasteiger charge is -2.49. The lowest BCUT2D eigenvalue weighted by atomic mass is 9.76. The van der Waals surface area contributed by atoms with Crippen LogP contribution in [0.5, 0.6) is 0 Å². The summed E-state index contributed by atoms with van der Waals surface area (Å²) in [6, 6.07) is 0.189. The number of hydrogen-bond donors (Lipinski definition) is 1. The summed E-state index contributed by atoms with van der Waals surface area (Å²) in [5.74, 6) is -1.02. The van der Waals surface area contributed by atoms with Crippen molar-refractivity contribution in [2.24, 2.45) is 17.8 Å². The third kappa shape index (κ3) is 9.27. The summed E-state index contributed by atoms with van der Waals surface area (Å²) in [5.41, 5.74) is -1.23. The first-order chi connectivity index (χ1) is 22.0. The van der Waals surface area contributed by atoms with Crippen molar-refractivity contribution in [1.29, 1.82) is 0 Å². The van der Waals surface area contributed by atoms with Crippen molar-refractivity contribution in [2.45, 2.75) is 166 Å². The monoisotopic (exact) mass is 670 g/mol. The molecular formula is C36H66N2O9. The first-order valence-corrected chi connectivity index (χ1v) is 18.0. The zero-order valence-corrected chi connectivity index (χ0v) is 31.3. The zero-order chi connectivity index (χ0) is 34.8. The minimum atomic E-state index is -0.895. The van der Waals surface area contributed by atoms with Gasteiger partial charge in [-0.1, -0.05) is 13.8 Å². The largest absolute Gasteiger partial charge is 0.461 e. The lowest BCUT2D eigenvalue weighted by Crippen LogP contribution is -2.60. The molecule has 0 saturated carbocycles. The Bertz CT molecular complexity index is 1020. The van der Waals surface area contributed by atoms with E-state index in [1.165, 1.54) is 0 Å². The smallest absolute Gasteiger partial charge is 0.311 e. The number of aliphatic hydroxyl groups is 1. The van der Waals surface area contributed by atoms with Crippen LogP contribution in [0.4, 0.5) is 0 Å². The maximum absolute atomic E-state index is 14.0. The topological polar surface area (TPSA) is 108 Å². The van der Waals surface area contributed by atoms with E-state index < -0.39 is 53.9 Å². The van der Waals surface area contributed by atoms with E-state index in [4.69, 9.17) is 33.2 Å². The average molecular weight is 671 g/mol. The van der Waals surface area contributed by atoms with E-state index in [0.717, 1.165) is 32.4 Å². The number of ether oxygens (including phenoxy) is 7. The average Bonchev–Trinajstić information content (AvgIpc) is 3.46. The molecule has 11 nitrogen and oxygen atoms in total. The second-order valence-corrected chi connectivity index (χ2v) is 16.1. The van der Waals surface area contributed by atoms with Crippen molar-refractivity contribution in [1.82, 2.24) is 9.80 Å². The number of rotatable bonds is 7. The second kappa shape index (κ2) is 16.0. The third-order valence-electron chi connectivity index (χ3n) is 11.6. The molecule has 0 amide bonds. The van der Waals surface area contributed by atoms with Gasteiger partial charge in [0.05, 0.1) is 41.5 Å². The molecule has 4 aliphatic rings. The van der Waals surface area contributed by atoms with Crippen LogP contribution in [0.15, 0.2) is 0 Å². The van der Waals surface area contributed by atoms with Gasteiger partial charge in [0, 0.05) is 58.2 Å². The summed E-state index contributed by atoms with van der Waals surface area (Å²) < 4.78 is 45.0. The standard InChI is InChI=1S/C36H66N2O9/c1-21-15-22(2)38-14-13-27(20-38)45-33(40)26(6)31(46-29-19-35(7,41-11)18-24(4)43-29)25(5)32(36(8,17-21)42-12)47-34-30(39)28(37(9)10)16-23(3)44-34/h21-32,34,39H,13-20H2,1-12H3/t21-,22-,23+,24-,25-,26+,27+,28-,29-,30+,31-,32+,34-,35-,36-/m0/s1. The van der Waals surface area contributed by atoms with Crippen LogP contribution in [0.3, 0.4) is 0 Å². The molecule has 4 saturated heterocycles. The number of carbonyl (C=O) groups is 1. The van der Waals surface area contributed by atoms with Gasteiger partial charge in [0.2, 0.25) is 0 Å². The summed E-state index contributed by atoms with van der Waals surface area (Å²) in [6.07, 6.45) is 0.420. The van der Waals surface area contributed by atoms with Gasteiger partial charge in [-0.2, -0.15) is 0 Å². The Morgan fingerprint density at radius 2 is 1.62 bits per heavy atom. The third-order valence-corrected chi connectivity index (χ3v) is 11.6. The quantitative estimate of drug-likeness (QED) is 0.394. The van der Waals surface area contributed by atoms with E-state index in [1.54, 1.807) is 14.2 Å². The van der Waals surface area contributed by atoms with E-state index in [1.807, 2.05) is 39.8 Å². The van der Waals surface area contributed by atoms with Gasteiger partial charge in [0.1, 0.15) is 12.2 Å². The zero-order valence-electron chi connectivity index (χ0n) is 31.3. The van der Waals surface area contributed by atoms with Crippen molar-refractivity contribution in [3.05, 3.63) is 0 Å². The Hall–Kier alpha value is -0.890. The summed E-state index contributed by atoms with van der Waals surface area (Å²) in [6.45, 7) is 18.3. The lowest BCUT2D eigenvalue weighted by molar-refractivity contribution is -0.312. The van der Waals surface area contributed by atoms with Crippen LogP contribution >= 0.6 is 0 Å². The SMILES string of the molecule is CO[C@]1(C)C[C@H](O[C@H]2[C@H](C)[C@@H](O[C@@H]3O[C@H](C)C[C@H](N(C)C)[C@H]3O)[C@@](C)(OC)C[C@@H](C)C[C@H](C)N3CC[C@H](C3)OC(=O)[C@@H]2C)O[C@@H](C)C1. The van der Waals surface area contributed by atoms with Crippen molar-refractivity contribution < 1.29 is 43.1 Å². The van der Waals surface area contributed by atoms with E-state index in [2.05, 4.69) is 39.5 Å². The molecule has 274 valence electrons. The number of nitrogens with zero attached hydrogens (tertiary/aromatic N) is 2. The predicted octanol–water partition coefficient (Wildman–Crippen LogP) is 4.23. The highest BCUT2D eigenvalue weighted by Gasteiger charge is 2.51. The van der Waals surface area contributed by atoms with Crippen molar-refractivity contribution in [3.63, 3.8) is 0 Å². The summed E-state index contributed by atoms with van der Waals surface area (Å²) in [7, 11) is 7.38. The number of fused-ring (bicyclic) bond motifs is 2. The second-order valence-electron chi connectivity index (χ2n) is 16.1. The summed E-state index contributed by atoms with van der Waals surface area (Å²) in [4.78, 5) is 18.4. The van der Waals surface area contributed by atoms with Crippen LogP contribution in [0, 0.1) is 17.8 Å². The number of carbonyl (C=O) groups excluding carboxylic acids is 1. The van der Waals surface area contributed by atoms with Crippen molar-refractivity contribution in [3.8, 4) is 0 Å². The van der Waals surface area contributed by atoms with Gasteiger partial charge in [-0.15, -0.1) is 0 Å². The molecule has 0 radical (unpaired) electrons. The molecular weight excluding hydrogens is 604 g/mol. The van der Waals surface area contributed by atoms with Gasteiger partial charge in [0.15, 0.2) is 12.6 Å². The fourth-order valence-corrected chi connectivity index (χ4v) is 8.79. The van der Waals surface area contributed by atoms with E-state index >= 15 is 0 Å². The molecule has 4 rings (SSSR count). The van der Waals surface area contributed by atoms with Crippen molar-refractivity contribution in [2.75, 3.05) is 41.4 Å². The number of esters is 1. The van der Waals surface area contributed by atoms with Gasteiger partial charge in [0.25, 0.3) is 0 Å². The van der Waals surface area contributed by atoms with Gasteiger partial charge in [-0.25, -0.2) is 0 Å². The van der Waals surface area contributed by atoms with Crippen LogP contribution in [0.2, 0.25) is 0 Å². The minimum Gasteiger partial charge on any atom is -0.461 e. The molecule has 4 aliphatic heterocycles. The van der Waals surface area contributed by atoms with E-state index in [-0.39, 0.29) is 30.3 Å². The number of aliphatic hydroxyl groups excluding tert-OH is 1. The molecule has 11 heteroatoms. The Morgan fingerprint density at radius 3 is 2.26 bits per heavy atom. The Balaban J connectivity index is 1.76. The normalized spacial score (nSPS) is 49.0. The Kier molecular flexibility index (Phi) is 13.2. The van der Waals surface area contributed by atoms with Crippen molar-refractivity contribution >= 4 is 5.97 Å². The van der Waals surface area contributed by atoms with E-state index in [9.17, 15) is 9.90 Å². The van der Waals surface area contributed by atoms with E-state index in [0.29, 0.717) is 31.2 Å². The maximum Gasteiger partial charge on any atom is 0.311 e. The van der Waals surface area contributed by atoms with Crippen LogP contribution in [0.25, 0.3) is 0 Å². The highest BCUT2D eigenvalue weighted by molar-refractivity contribution is 5.73. The molecule has 47 heavy (non-hydrogen) atoms. The van der Waals surface area contributed by atoms with Crippen LogP contribution in [0.1, 0.15) is 93.9 Å². The summed E-state index contributed by atoms with van der Waals surface area (Å²) >= 11 is 0. The van der Waals surface area contributed by atoms with Gasteiger partial charge in [-0.3, -0.25) is 9.69 Å². The molecule has 0 aromatic heterocycles. The minimum absolute atomic E-state index is 0.0892. The molecule has 4 fully saturated rings. The molecule has 1 unspecified atom stereocenters. The molecule has 4 heterocycles. The molecule has 0 spiro atoms. The van der Waals surface area contributed by atoms with Gasteiger partial charge < -0.3 is 43.2 Å². The summed E-state index contributed by atoms with van der Waals surface area (Å²) in [5, 5.41) is 11.6.